The number of benzene rings is 2. The first kappa shape index (κ1) is 9.97. The van der Waals surface area contributed by atoms with E-state index in [1.165, 1.54) is 5.39 Å². The van der Waals surface area contributed by atoms with E-state index >= 15 is 0 Å². The molecule has 17 heavy (non-hydrogen) atoms. The van der Waals surface area contributed by atoms with Crippen LogP contribution in [0.5, 0.6) is 5.75 Å². The summed E-state index contributed by atoms with van der Waals surface area (Å²) in [4.78, 5) is 3.25. The van der Waals surface area contributed by atoms with E-state index in [1.807, 2.05) is 30.5 Å². The van der Waals surface area contributed by atoms with Crippen LogP contribution in [0.25, 0.3) is 22.0 Å². The van der Waals surface area contributed by atoms with Crippen molar-refractivity contribution < 1.29 is 5.11 Å². The summed E-state index contributed by atoms with van der Waals surface area (Å²) in [6.45, 7) is 2.05. The SMILES string of the molecule is Cc1ccc(O)cc1-c1c[nH]c2ccccc12. The van der Waals surface area contributed by atoms with Crippen molar-refractivity contribution >= 4 is 10.9 Å². The van der Waals surface area contributed by atoms with Gasteiger partial charge in [0.15, 0.2) is 0 Å². The summed E-state index contributed by atoms with van der Waals surface area (Å²) < 4.78 is 0. The Balaban J connectivity index is 2.31. The van der Waals surface area contributed by atoms with E-state index < -0.39 is 0 Å². The summed E-state index contributed by atoms with van der Waals surface area (Å²) >= 11 is 0. The van der Waals surface area contributed by atoms with Gasteiger partial charge >= 0.3 is 0 Å². The number of nitrogens with one attached hydrogen (secondary N) is 1. The number of rotatable bonds is 1. The van der Waals surface area contributed by atoms with Crippen LogP contribution in [0.4, 0.5) is 0 Å². The second-order valence-electron chi connectivity index (χ2n) is 4.25. The quantitative estimate of drug-likeness (QED) is 0.645. The minimum Gasteiger partial charge on any atom is -0.508 e. The first-order chi connectivity index (χ1) is 8.25. The highest BCUT2D eigenvalue weighted by Gasteiger charge is 2.08. The lowest BCUT2D eigenvalue weighted by molar-refractivity contribution is 0.475. The number of fused-ring (bicyclic) bond motifs is 1. The number of H-pyrrole nitrogens is 1. The Morgan fingerprint density at radius 2 is 1.82 bits per heavy atom. The summed E-state index contributed by atoms with van der Waals surface area (Å²) in [5, 5.41) is 10.8. The minimum atomic E-state index is 0.302. The lowest BCUT2D eigenvalue weighted by atomic mass is 10.00. The minimum absolute atomic E-state index is 0.302. The molecule has 1 aromatic heterocycles. The fourth-order valence-corrected chi connectivity index (χ4v) is 2.19. The number of aromatic amines is 1. The Morgan fingerprint density at radius 1 is 1.00 bits per heavy atom. The van der Waals surface area contributed by atoms with Gasteiger partial charge in [-0.2, -0.15) is 0 Å². The topological polar surface area (TPSA) is 36.0 Å². The van der Waals surface area contributed by atoms with Gasteiger partial charge in [0.25, 0.3) is 0 Å². The third-order valence-electron chi connectivity index (χ3n) is 3.10. The van der Waals surface area contributed by atoms with E-state index in [2.05, 4.69) is 24.0 Å². The second-order valence-corrected chi connectivity index (χ2v) is 4.25. The predicted octanol–water partition coefficient (Wildman–Crippen LogP) is 3.85. The van der Waals surface area contributed by atoms with Gasteiger partial charge in [-0.3, -0.25) is 0 Å². The molecule has 2 nitrogen and oxygen atoms in total. The number of hydrogen-bond donors (Lipinski definition) is 2. The molecule has 2 aromatic carbocycles. The Bertz CT molecular complexity index is 682. The van der Waals surface area contributed by atoms with Gasteiger partial charge in [0.05, 0.1) is 0 Å². The molecule has 0 bridgehead atoms. The van der Waals surface area contributed by atoms with E-state index in [-0.39, 0.29) is 0 Å². The van der Waals surface area contributed by atoms with Crippen LogP contribution >= 0.6 is 0 Å². The van der Waals surface area contributed by atoms with E-state index in [1.54, 1.807) is 6.07 Å². The van der Waals surface area contributed by atoms with Crippen LogP contribution in [0.15, 0.2) is 48.7 Å². The second kappa shape index (κ2) is 3.67. The Morgan fingerprint density at radius 3 is 2.71 bits per heavy atom. The molecule has 0 aliphatic heterocycles. The van der Waals surface area contributed by atoms with Gasteiger partial charge in [-0.25, -0.2) is 0 Å². The van der Waals surface area contributed by atoms with E-state index in [0.29, 0.717) is 5.75 Å². The van der Waals surface area contributed by atoms with Crippen molar-refractivity contribution in [2.45, 2.75) is 6.92 Å². The van der Waals surface area contributed by atoms with Crippen molar-refractivity contribution in [1.29, 1.82) is 0 Å². The predicted molar refractivity (Wildman–Crippen MR) is 70.1 cm³/mol. The molecule has 3 rings (SSSR count). The van der Waals surface area contributed by atoms with Crippen LogP contribution in [-0.2, 0) is 0 Å². The monoisotopic (exact) mass is 223 g/mol. The number of phenols is 1. The van der Waals surface area contributed by atoms with Crippen molar-refractivity contribution in [2.75, 3.05) is 0 Å². The van der Waals surface area contributed by atoms with Gasteiger partial charge in [0.2, 0.25) is 0 Å². The van der Waals surface area contributed by atoms with Crippen LogP contribution in [0.1, 0.15) is 5.56 Å². The highest BCUT2D eigenvalue weighted by atomic mass is 16.3. The molecule has 1 heterocycles. The maximum atomic E-state index is 9.60. The standard InChI is InChI=1S/C15H13NO/c1-10-6-7-11(17)8-13(10)14-9-16-15-5-3-2-4-12(14)15/h2-9,16-17H,1H3. The fraction of sp³-hybridized carbons (Fsp3) is 0.0667. The summed E-state index contributed by atoms with van der Waals surface area (Å²) in [6.07, 6.45) is 1.99. The Hall–Kier alpha value is -2.22. The number of phenolic OH excluding ortho intramolecular Hbond substituents is 1. The molecule has 0 atom stereocenters. The van der Waals surface area contributed by atoms with Crippen LogP contribution in [0.3, 0.4) is 0 Å². The zero-order chi connectivity index (χ0) is 11.8. The summed E-state index contributed by atoms with van der Waals surface area (Å²) in [7, 11) is 0. The highest BCUT2D eigenvalue weighted by Crippen LogP contribution is 2.32. The molecule has 0 radical (unpaired) electrons. The van der Waals surface area contributed by atoms with Gasteiger partial charge < -0.3 is 10.1 Å². The van der Waals surface area contributed by atoms with E-state index in [9.17, 15) is 5.11 Å². The van der Waals surface area contributed by atoms with E-state index in [0.717, 1.165) is 22.2 Å². The first-order valence-corrected chi connectivity index (χ1v) is 5.62. The molecule has 0 fully saturated rings. The molecule has 3 aromatic rings. The van der Waals surface area contributed by atoms with Crippen molar-refractivity contribution in [3.8, 4) is 16.9 Å². The van der Waals surface area contributed by atoms with Crippen molar-refractivity contribution in [1.82, 2.24) is 4.98 Å². The number of aryl methyl sites for hydroxylation is 1. The van der Waals surface area contributed by atoms with Gasteiger partial charge in [-0.05, 0) is 36.2 Å². The highest BCUT2D eigenvalue weighted by molar-refractivity contribution is 5.96. The molecule has 0 saturated heterocycles. The van der Waals surface area contributed by atoms with E-state index in [4.69, 9.17) is 0 Å². The Labute approximate surface area is 99.5 Å². The van der Waals surface area contributed by atoms with Crippen LogP contribution < -0.4 is 0 Å². The number of para-hydroxylation sites is 1. The molecule has 0 unspecified atom stereocenters. The molecule has 0 aliphatic rings. The Kier molecular flexibility index (Phi) is 2.15. The molecule has 0 aliphatic carbocycles. The molecule has 2 N–H and O–H groups in total. The molecule has 0 amide bonds. The molecule has 2 heteroatoms. The summed E-state index contributed by atoms with van der Waals surface area (Å²) in [6, 6.07) is 13.6. The first-order valence-electron chi connectivity index (χ1n) is 5.62. The molecule has 0 saturated carbocycles. The van der Waals surface area contributed by atoms with Crippen molar-refractivity contribution in [2.24, 2.45) is 0 Å². The average molecular weight is 223 g/mol. The smallest absolute Gasteiger partial charge is 0.116 e. The number of aromatic nitrogens is 1. The van der Waals surface area contributed by atoms with Crippen LogP contribution in [0.2, 0.25) is 0 Å². The number of aromatic hydroxyl groups is 1. The molecular weight excluding hydrogens is 210 g/mol. The third-order valence-corrected chi connectivity index (χ3v) is 3.10. The van der Waals surface area contributed by atoms with Crippen molar-refractivity contribution in [3.63, 3.8) is 0 Å². The molecular formula is C15H13NO. The maximum absolute atomic E-state index is 9.60. The van der Waals surface area contributed by atoms with Gasteiger partial charge in [-0.1, -0.05) is 24.3 Å². The molecule has 0 spiro atoms. The lowest BCUT2D eigenvalue weighted by Gasteiger charge is -2.05. The maximum Gasteiger partial charge on any atom is 0.116 e. The fourth-order valence-electron chi connectivity index (χ4n) is 2.19. The van der Waals surface area contributed by atoms with Gasteiger partial charge in [0, 0.05) is 22.7 Å². The third kappa shape index (κ3) is 1.58. The largest absolute Gasteiger partial charge is 0.508 e. The molecule has 84 valence electrons. The van der Waals surface area contributed by atoms with Gasteiger partial charge in [-0.15, -0.1) is 0 Å². The average Bonchev–Trinajstić information content (AvgIpc) is 2.76. The number of hydrogen-bond acceptors (Lipinski definition) is 1. The summed E-state index contributed by atoms with van der Waals surface area (Å²) in [5.74, 6) is 0.302. The van der Waals surface area contributed by atoms with Crippen molar-refractivity contribution in [3.05, 3.63) is 54.2 Å². The zero-order valence-electron chi connectivity index (χ0n) is 9.57. The lowest BCUT2D eigenvalue weighted by Crippen LogP contribution is -1.81. The normalized spacial score (nSPS) is 10.9. The van der Waals surface area contributed by atoms with Crippen LogP contribution in [0, 0.1) is 6.92 Å². The zero-order valence-corrected chi connectivity index (χ0v) is 9.57. The van der Waals surface area contributed by atoms with Gasteiger partial charge in [0.1, 0.15) is 5.75 Å². The van der Waals surface area contributed by atoms with Crippen LogP contribution in [-0.4, -0.2) is 10.1 Å². The summed E-state index contributed by atoms with van der Waals surface area (Å²) in [5.41, 5.74) is 4.48.